The van der Waals surface area contributed by atoms with Gasteiger partial charge in [0.2, 0.25) is 5.95 Å². The largest absolute Gasteiger partial charge is 0.462 e. The average molecular weight is 345 g/mol. The zero-order valence-electron chi connectivity index (χ0n) is 8.14. The highest BCUT2D eigenvalue weighted by Crippen LogP contribution is 2.26. The number of aromatic nitrogens is 1. The van der Waals surface area contributed by atoms with E-state index in [2.05, 4.69) is 9.72 Å². The van der Waals surface area contributed by atoms with Gasteiger partial charge in [-0.1, -0.05) is 0 Å². The van der Waals surface area contributed by atoms with Crippen LogP contribution in [0.2, 0.25) is 0 Å². The Hall–Kier alpha value is -0.860. The normalized spacial score (nSPS) is 10.6. The van der Waals surface area contributed by atoms with Crippen molar-refractivity contribution in [1.82, 2.24) is 4.98 Å². The molecule has 16 heavy (non-hydrogen) atoms. The number of carbonyl (C=O) groups is 1. The van der Waals surface area contributed by atoms with E-state index in [1.165, 1.54) is 6.92 Å². The molecule has 0 spiro atoms. The van der Waals surface area contributed by atoms with Gasteiger partial charge in [0.05, 0.1) is 17.7 Å². The quantitative estimate of drug-likeness (QED) is 0.480. The first kappa shape index (κ1) is 13.2. The molecule has 0 aliphatic heterocycles. The molecule has 0 bridgehead atoms. The second kappa shape index (κ2) is 5.46. The molecule has 0 aromatic carbocycles. The molecule has 0 fully saturated rings. The second-order valence-corrected chi connectivity index (χ2v) is 3.82. The lowest BCUT2D eigenvalue weighted by Crippen LogP contribution is -2.12. The first-order chi connectivity index (χ1) is 7.47. The van der Waals surface area contributed by atoms with Crippen LogP contribution in [0.5, 0.6) is 0 Å². The van der Waals surface area contributed by atoms with E-state index >= 15 is 0 Å². The lowest BCUT2D eigenvalue weighted by Gasteiger charge is -2.08. The predicted molar refractivity (Wildman–Crippen MR) is 57.8 cm³/mol. The third-order valence-electron chi connectivity index (χ3n) is 1.69. The molecule has 0 unspecified atom stereocenters. The van der Waals surface area contributed by atoms with Crippen molar-refractivity contribution in [2.24, 2.45) is 0 Å². The number of halogens is 4. The highest BCUT2D eigenvalue weighted by molar-refractivity contribution is 14.1. The Balaban J connectivity index is 3.29. The maximum atomic E-state index is 13.2. The highest BCUT2D eigenvalue weighted by atomic mass is 127. The smallest absolute Gasteiger partial charge is 0.338 e. The third kappa shape index (κ3) is 2.83. The van der Waals surface area contributed by atoms with Crippen molar-refractivity contribution in [2.75, 3.05) is 6.61 Å². The minimum atomic E-state index is -3.11. The standard InChI is InChI=1S/C9H7F3INO2/c1-2-16-9(15)4-3-5(13)14-8(12)6(4)7(10)11/h3,7H,2H2,1H3. The summed E-state index contributed by atoms with van der Waals surface area (Å²) in [4.78, 5) is 14.6. The van der Waals surface area contributed by atoms with Crippen LogP contribution >= 0.6 is 22.6 Å². The number of esters is 1. The van der Waals surface area contributed by atoms with Gasteiger partial charge in [-0.3, -0.25) is 0 Å². The van der Waals surface area contributed by atoms with E-state index in [9.17, 15) is 18.0 Å². The average Bonchev–Trinajstić information content (AvgIpc) is 2.15. The van der Waals surface area contributed by atoms with Gasteiger partial charge in [0.1, 0.15) is 3.70 Å². The van der Waals surface area contributed by atoms with Crippen LogP contribution in [0.1, 0.15) is 29.3 Å². The van der Waals surface area contributed by atoms with Crippen molar-refractivity contribution >= 4 is 28.6 Å². The molecule has 0 amide bonds. The fraction of sp³-hybridized carbons (Fsp3) is 0.333. The van der Waals surface area contributed by atoms with Crippen LogP contribution in [0.4, 0.5) is 13.2 Å². The summed E-state index contributed by atoms with van der Waals surface area (Å²) >= 11 is 1.63. The van der Waals surface area contributed by atoms with Crippen LogP contribution in [0.3, 0.4) is 0 Å². The first-order valence-electron chi connectivity index (χ1n) is 4.28. The summed E-state index contributed by atoms with van der Waals surface area (Å²) < 4.78 is 42.9. The summed E-state index contributed by atoms with van der Waals surface area (Å²) in [7, 11) is 0. The number of nitrogens with zero attached hydrogens (tertiary/aromatic N) is 1. The van der Waals surface area contributed by atoms with Gasteiger partial charge in [-0.25, -0.2) is 18.6 Å². The van der Waals surface area contributed by atoms with Gasteiger partial charge in [-0.05, 0) is 35.6 Å². The molecular weight excluding hydrogens is 338 g/mol. The van der Waals surface area contributed by atoms with Crippen LogP contribution in [0.15, 0.2) is 6.07 Å². The minimum absolute atomic E-state index is 0.0298. The SMILES string of the molecule is CCOC(=O)c1cc(I)nc(F)c1C(F)F. The Labute approximate surface area is 103 Å². The van der Waals surface area contributed by atoms with Gasteiger partial charge in [-0.15, -0.1) is 0 Å². The number of carbonyl (C=O) groups excluding carboxylic acids is 1. The van der Waals surface area contributed by atoms with Crippen molar-refractivity contribution < 1.29 is 22.7 Å². The Morgan fingerprint density at radius 2 is 2.25 bits per heavy atom. The minimum Gasteiger partial charge on any atom is -0.462 e. The zero-order valence-corrected chi connectivity index (χ0v) is 10.3. The Morgan fingerprint density at radius 1 is 1.62 bits per heavy atom. The first-order valence-corrected chi connectivity index (χ1v) is 5.36. The number of ether oxygens (including phenoxy) is 1. The number of rotatable bonds is 3. The molecule has 0 atom stereocenters. The molecule has 0 N–H and O–H groups in total. The molecule has 0 aliphatic rings. The van der Waals surface area contributed by atoms with Crippen molar-refractivity contribution in [3.63, 3.8) is 0 Å². The Kier molecular flexibility index (Phi) is 4.51. The molecule has 1 heterocycles. The van der Waals surface area contributed by atoms with E-state index in [1.807, 2.05) is 0 Å². The predicted octanol–water partition coefficient (Wildman–Crippen LogP) is 2.94. The molecule has 0 saturated heterocycles. The van der Waals surface area contributed by atoms with Gasteiger partial charge >= 0.3 is 5.97 Å². The molecule has 0 radical (unpaired) electrons. The molecule has 0 saturated carbocycles. The van der Waals surface area contributed by atoms with E-state index in [4.69, 9.17) is 0 Å². The summed E-state index contributed by atoms with van der Waals surface area (Å²) in [5.41, 5.74) is -1.49. The van der Waals surface area contributed by atoms with Crippen LogP contribution in [-0.2, 0) is 4.74 Å². The Bertz CT molecular complexity index is 412. The van der Waals surface area contributed by atoms with Gasteiger partial charge in [0, 0.05) is 0 Å². The Morgan fingerprint density at radius 3 is 2.75 bits per heavy atom. The zero-order chi connectivity index (χ0) is 12.3. The van der Waals surface area contributed by atoms with E-state index in [-0.39, 0.29) is 10.3 Å². The van der Waals surface area contributed by atoms with Gasteiger partial charge in [-0.2, -0.15) is 4.39 Å². The van der Waals surface area contributed by atoms with Crippen molar-refractivity contribution in [3.8, 4) is 0 Å². The molecule has 1 aromatic rings. The molecule has 7 heteroatoms. The number of hydrogen-bond donors (Lipinski definition) is 0. The lowest BCUT2D eigenvalue weighted by atomic mass is 10.1. The number of hydrogen-bond acceptors (Lipinski definition) is 3. The van der Waals surface area contributed by atoms with E-state index in [1.54, 1.807) is 22.6 Å². The maximum absolute atomic E-state index is 13.2. The number of pyridine rings is 1. The molecule has 88 valence electrons. The molecule has 3 nitrogen and oxygen atoms in total. The van der Waals surface area contributed by atoms with Crippen LogP contribution in [0.25, 0.3) is 0 Å². The van der Waals surface area contributed by atoms with Crippen LogP contribution < -0.4 is 0 Å². The summed E-state index contributed by atoms with van der Waals surface area (Å²) in [5, 5.41) is 0. The van der Waals surface area contributed by atoms with Crippen molar-refractivity contribution in [2.45, 2.75) is 13.3 Å². The molecular formula is C9H7F3INO2. The highest BCUT2D eigenvalue weighted by Gasteiger charge is 2.25. The summed E-state index contributed by atoms with van der Waals surface area (Å²) in [6.07, 6.45) is -3.11. The van der Waals surface area contributed by atoms with E-state index in [0.29, 0.717) is 0 Å². The van der Waals surface area contributed by atoms with Gasteiger partial charge in [0.15, 0.2) is 0 Å². The maximum Gasteiger partial charge on any atom is 0.338 e. The van der Waals surface area contributed by atoms with Crippen molar-refractivity contribution in [3.05, 3.63) is 26.8 Å². The fourth-order valence-electron chi connectivity index (χ4n) is 1.08. The topological polar surface area (TPSA) is 39.2 Å². The van der Waals surface area contributed by atoms with Crippen molar-refractivity contribution in [1.29, 1.82) is 0 Å². The summed E-state index contributed by atoms with van der Waals surface area (Å²) in [6.45, 7) is 1.56. The number of alkyl halides is 2. The second-order valence-electron chi connectivity index (χ2n) is 2.72. The lowest BCUT2D eigenvalue weighted by molar-refractivity contribution is 0.0512. The third-order valence-corrected chi connectivity index (χ3v) is 2.25. The monoisotopic (exact) mass is 345 g/mol. The molecule has 1 aromatic heterocycles. The van der Waals surface area contributed by atoms with Crippen LogP contribution in [0, 0.1) is 9.65 Å². The molecule has 1 rings (SSSR count). The van der Waals surface area contributed by atoms with Crippen LogP contribution in [-0.4, -0.2) is 17.6 Å². The summed E-state index contributed by atoms with van der Waals surface area (Å²) in [5.74, 6) is -2.32. The van der Waals surface area contributed by atoms with E-state index in [0.717, 1.165) is 6.07 Å². The molecule has 0 aliphatic carbocycles. The van der Waals surface area contributed by atoms with E-state index < -0.39 is 29.5 Å². The summed E-state index contributed by atoms with van der Waals surface area (Å²) in [6, 6.07) is 1.07. The fourth-order valence-corrected chi connectivity index (χ4v) is 1.60. The van der Waals surface area contributed by atoms with Gasteiger partial charge < -0.3 is 4.74 Å². The van der Waals surface area contributed by atoms with Gasteiger partial charge in [0.25, 0.3) is 6.43 Å².